The number of nitrogens with zero attached hydrogens (tertiary/aromatic N) is 1. The summed E-state index contributed by atoms with van der Waals surface area (Å²) in [5, 5.41) is 7.27. The molecule has 4 nitrogen and oxygen atoms in total. The van der Waals surface area contributed by atoms with Gasteiger partial charge in [0.15, 0.2) is 0 Å². The van der Waals surface area contributed by atoms with Crippen LogP contribution in [0.2, 0.25) is 0 Å². The second kappa shape index (κ2) is 10.3. The van der Waals surface area contributed by atoms with Gasteiger partial charge in [0.05, 0.1) is 0 Å². The normalized spacial score (nSPS) is 18.0. The third kappa shape index (κ3) is 5.57. The molecule has 1 atom stereocenters. The Labute approximate surface area is 202 Å². The van der Waals surface area contributed by atoms with Crippen molar-refractivity contribution in [2.75, 3.05) is 4.90 Å². The zero-order valence-corrected chi connectivity index (χ0v) is 20.9. The number of rotatable bonds is 6. The number of carbonyl (C=O) groups excluding carboxylic acids is 2. The van der Waals surface area contributed by atoms with Gasteiger partial charge in [-0.15, -0.1) is 0 Å². The number of hydrogen-bond acceptors (Lipinski definition) is 3. The molecule has 1 aromatic carbocycles. The molecular weight excluding hydrogens is 428 g/mol. The number of anilines is 1. The molecule has 0 spiro atoms. The van der Waals surface area contributed by atoms with E-state index < -0.39 is 6.04 Å². The van der Waals surface area contributed by atoms with Gasteiger partial charge < -0.3 is 5.32 Å². The molecule has 1 heterocycles. The van der Waals surface area contributed by atoms with Crippen molar-refractivity contribution in [3.8, 4) is 0 Å². The highest BCUT2D eigenvalue weighted by molar-refractivity contribution is 7.08. The Morgan fingerprint density at radius 1 is 1.03 bits per heavy atom. The Hall–Kier alpha value is -2.40. The third-order valence-electron chi connectivity index (χ3n) is 6.86. The van der Waals surface area contributed by atoms with Crippen LogP contribution in [0.5, 0.6) is 0 Å². The first kappa shape index (κ1) is 23.7. The number of amides is 2. The molecule has 0 aliphatic heterocycles. The van der Waals surface area contributed by atoms with Gasteiger partial charge in [0.2, 0.25) is 5.91 Å². The van der Waals surface area contributed by atoms with Crippen molar-refractivity contribution >= 4 is 28.8 Å². The van der Waals surface area contributed by atoms with Gasteiger partial charge >= 0.3 is 0 Å². The molecule has 1 N–H and O–H groups in total. The van der Waals surface area contributed by atoms with Crippen molar-refractivity contribution in [2.45, 2.75) is 89.6 Å². The molecule has 4 rings (SSSR count). The number of carbonyl (C=O) groups is 2. The first-order chi connectivity index (χ1) is 15.8. The van der Waals surface area contributed by atoms with E-state index in [-0.39, 0.29) is 23.3 Å². The molecule has 2 aliphatic rings. The summed E-state index contributed by atoms with van der Waals surface area (Å²) < 4.78 is 0. The summed E-state index contributed by atoms with van der Waals surface area (Å²) in [4.78, 5) is 29.3. The summed E-state index contributed by atoms with van der Waals surface area (Å²) >= 11 is 1.56. The van der Waals surface area contributed by atoms with Crippen molar-refractivity contribution < 1.29 is 9.59 Å². The molecule has 5 heteroatoms. The van der Waals surface area contributed by atoms with Gasteiger partial charge in [-0.05, 0) is 77.6 Å². The van der Waals surface area contributed by atoms with Crippen molar-refractivity contribution in [1.82, 2.24) is 5.32 Å². The summed E-state index contributed by atoms with van der Waals surface area (Å²) in [7, 11) is 0. The highest BCUT2D eigenvalue weighted by Gasteiger charge is 2.36. The summed E-state index contributed by atoms with van der Waals surface area (Å²) in [5.74, 6) is -0.127. The Balaban J connectivity index is 1.73. The van der Waals surface area contributed by atoms with Crippen molar-refractivity contribution in [3.05, 3.63) is 63.9 Å². The summed E-state index contributed by atoms with van der Waals surface area (Å²) in [6, 6.07) is 9.67. The average molecular weight is 465 g/mol. The molecule has 1 unspecified atom stereocenters. The lowest BCUT2D eigenvalue weighted by atomic mass is 9.87. The molecular formula is C28H36N2O2S. The van der Waals surface area contributed by atoms with E-state index in [0.29, 0.717) is 0 Å². The Kier molecular flexibility index (Phi) is 7.38. The van der Waals surface area contributed by atoms with E-state index in [1.807, 2.05) is 35.0 Å². The zero-order chi connectivity index (χ0) is 23.4. The fourth-order valence-corrected chi connectivity index (χ4v) is 5.58. The van der Waals surface area contributed by atoms with Crippen LogP contribution < -0.4 is 10.2 Å². The molecule has 2 aromatic rings. The second-order valence-electron chi connectivity index (χ2n) is 10.4. The van der Waals surface area contributed by atoms with Crippen LogP contribution in [0.4, 0.5) is 5.69 Å². The van der Waals surface area contributed by atoms with Gasteiger partial charge in [-0.1, -0.05) is 58.2 Å². The minimum atomic E-state index is -0.673. The van der Waals surface area contributed by atoms with E-state index >= 15 is 0 Å². The van der Waals surface area contributed by atoms with Crippen LogP contribution >= 0.6 is 11.3 Å². The monoisotopic (exact) mass is 464 g/mol. The predicted molar refractivity (Wildman–Crippen MR) is 137 cm³/mol. The van der Waals surface area contributed by atoms with Crippen molar-refractivity contribution in [3.63, 3.8) is 0 Å². The molecule has 33 heavy (non-hydrogen) atoms. The number of thiophene rings is 1. The van der Waals surface area contributed by atoms with Crippen LogP contribution in [0.15, 0.2) is 52.7 Å². The van der Waals surface area contributed by atoms with Crippen LogP contribution in [0, 0.1) is 0 Å². The van der Waals surface area contributed by atoms with Crippen LogP contribution in [0.25, 0.3) is 0 Å². The van der Waals surface area contributed by atoms with Crippen LogP contribution in [0.3, 0.4) is 0 Å². The number of benzene rings is 1. The van der Waals surface area contributed by atoms with E-state index in [1.165, 1.54) is 12.0 Å². The van der Waals surface area contributed by atoms with E-state index in [0.717, 1.165) is 61.8 Å². The number of nitrogens with one attached hydrogen (secondary N) is 1. The maximum atomic E-state index is 13.8. The van der Waals surface area contributed by atoms with Gasteiger partial charge in [0.1, 0.15) is 6.04 Å². The van der Waals surface area contributed by atoms with Crippen molar-refractivity contribution in [2.24, 2.45) is 0 Å². The van der Waals surface area contributed by atoms with Crippen LogP contribution in [-0.4, -0.2) is 17.9 Å². The van der Waals surface area contributed by atoms with E-state index in [9.17, 15) is 9.59 Å². The summed E-state index contributed by atoms with van der Waals surface area (Å²) in [5.41, 5.74) is 3.70. The molecule has 1 saturated carbocycles. The van der Waals surface area contributed by atoms with Gasteiger partial charge in [-0.3, -0.25) is 14.5 Å². The first-order valence-corrected chi connectivity index (χ1v) is 13.2. The lowest BCUT2D eigenvalue weighted by Crippen LogP contribution is -2.47. The van der Waals surface area contributed by atoms with E-state index in [1.54, 1.807) is 16.2 Å². The SMILES string of the molecule is CC(C)(C)c1ccc(N(C(=O)C2=CCCC2)C(C(=O)NC2CCCCC2)c2ccsc2)cc1. The van der Waals surface area contributed by atoms with Crippen molar-refractivity contribution in [1.29, 1.82) is 0 Å². The summed E-state index contributed by atoms with van der Waals surface area (Å²) in [6.07, 6.45) is 10.3. The molecule has 2 aliphatic carbocycles. The van der Waals surface area contributed by atoms with Crippen LogP contribution in [-0.2, 0) is 15.0 Å². The number of allylic oxidation sites excluding steroid dienone is 1. The molecule has 0 saturated heterocycles. The molecule has 176 valence electrons. The van der Waals surface area contributed by atoms with Gasteiger partial charge in [-0.25, -0.2) is 0 Å². The maximum absolute atomic E-state index is 13.8. The highest BCUT2D eigenvalue weighted by Crippen LogP contribution is 2.34. The van der Waals surface area contributed by atoms with Gasteiger partial charge in [0.25, 0.3) is 5.91 Å². The first-order valence-electron chi connectivity index (χ1n) is 12.3. The zero-order valence-electron chi connectivity index (χ0n) is 20.1. The lowest BCUT2D eigenvalue weighted by molar-refractivity contribution is -0.126. The largest absolute Gasteiger partial charge is 0.351 e. The predicted octanol–water partition coefficient (Wildman–Crippen LogP) is 6.68. The molecule has 0 bridgehead atoms. The fraction of sp³-hybridized carbons (Fsp3) is 0.500. The molecule has 1 aromatic heterocycles. The Morgan fingerprint density at radius 3 is 2.33 bits per heavy atom. The van der Waals surface area contributed by atoms with Gasteiger partial charge in [0, 0.05) is 17.3 Å². The lowest BCUT2D eigenvalue weighted by Gasteiger charge is -2.33. The van der Waals surface area contributed by atoms with E-state index in [4.69, 9.17) is 0 Å². The van der Waals surface area contributed by atoms with Gasteiger partial charge in [-0.2, -0.15) is 11.3 Å². The Morgan fingerprint density at radius 2 is 1.76 bits per heavy atom. The fourth-order valence-electron chi connectivity index (χ4n) is 4.90. The third-order valence-corrected chi connectivity index (χ3v) is 7.56. The molecule has 2 amide bonds. The molecule has 0 radical (unpaired) electrons. The average Bonchev–Trinajstić information content (AvgIpc) is 3.51. The number of hydrogen-bond donors (Lipinski definition) is 1. The Bertz CT molecular complexity index is 980. The quantitative estimate of drug-likeness (QED) is 0.518. The molecule has 1 fully saturated rings. The summed E-state index contributed by atoms with van der Waals surface area (Å²) in [6.45, 7) is 6.54. The van der Waals surface area contributed by atoms with Crippen LogP contribution in [0.1, 0.15) is 89.3 Å². The minimum Gasteiger partial charge on any atom is -0.351 e. The standard InChI is InChI=1S/C28H36N2O2S/c1-28(2,3)22-13-15-24(16-14-22)30(27(32)20-9-7-8-10-20)25(21-17-18-33-19-21)26(31)29-23-11-5-4-6-12-23/h9,13-19,23,25H,4-8,10-12H2,1-3H3,(H,29,31). The minimum absolute atomic E-state index is 0.0203. The highest BCUT2D eigenvalue weighted by atomic mass is 32.1. The smallest absolute Gasteiger partial charge is 0.254 e. The maximum Gasteiger partial charge on any atom is 0.254 e. The van der Waals surface area contributed by atoms with E-state index in [2.05, 4.69) is 38.2 Å². The topological polar surface area (TPSA) is 49.4 Å². The second-order valence-corrected chi connectivity index (χ2v) is 11.2.